The van der Waals surface area contributed by atoms with E-state index in [4.69, 9.17) is 10.5 Å². The van der Waals surface area contributed by atoms with Crippen LogP contribution >= 0.6 is 0 Å². The fourth-order valence-corrected chi connectivity index (χ4v) is 1.48. The van der Waals surface area contributed by atoms with Crippen LogP contribution in [0, 0.1) is 11.2 Å². The average Bonchev–Trinajstić information content (AvgIpc) is 2.32. The number of nitrogen functional groups attached to an aromatic ring is 1. The first-order valence-electron chi connectivity index (χ1n) is 6.66. The molecule has 0 radical (unpaired) electrons. The molecule has 0 aliphatic rings. The number of nitrogens with two attached hydrogens (primary N) is 1. The van der Waals surface area contributed by atoms with Crippen LogP contribution in [0.5, 0.6) is 0 Å². The predicted molar refractivity (Wildman–Crippen MR) is 78.9 cm³/mol. The van der Waals surface area contributed by atoms with Gasteiger partial charge in [-0.1, -0.05) is 20.8 Å². The van der Waals surface area contributed by atoms with Gasteiger partial charge in [0, 0.05) is 12.3 Å². The van der Waals surface area contributed by atoms with Gasteiger partial charge in [-0.25, -0.2) is 4.39 Å². The first-order chi connectivity index (χ1) is 9.19. The van der Waals surface area contributed by atoms with Crippen molar-refractivity contribution in [3.05, 3.63) is 24.0 Å². The van der Waals surface area contributed by atoms with E-state index in [1.807, 2.05) is 0 Å². The summed E-state index contributed by atoms with van der Waals surface area (Å²) >= 11 is 0. The maximum atomic E-state index is 13.0. The molecule has 4 nitrogen and oxygen atoms in total. The highest BCUT2D eigenvalue weighted by molar-refractivity contribution is 5.94. The Labute approximate surface area is 119 Å². The Morgan fingerprint density at radius 3 is 2.65 bits per heavy atom. The Morgan fingerprint density at radius 2 is 2.10 bits per heavy atom. The number of benzene rings is 1. The van der Waals surface area contributed by atoms with Gasteiger partial charge in [-0.3, -0.25) is 4.79 Å². The molecule has 1 unspecified atom stereocenters. The third-order valence-electron chi connectivity index (χ3n) is 2.85. The van der Waals surface area contributed by atoms with Crippen LogP contribution < -0.4 is 11.1 Å². The van der Waals surface area contributed by atoms with Crippen LogP contribution in [0.1, 0.15) is 34.1 Å². The molecule has 0 saturated heterocycles. The van der Waals surface area contributed by atoms with Crippen LogP contribution in [0.25, 0.3) is 0 Å². The van der Waals surface area contributed by atoms with Crippen LogP contribution in [-0.2, 0) is 9.53 Å². The number of ether oxygens (including phenoxy) is 1. The van der Waals surface area contributed by atoms with Crippen LogP contribution in [-0.4, -0.2) is 18.6 Å². The Balaban J connectivity index is 2.47. The molecule has 20 heavy (non-hydrogen) atoms. The van der Waals surface area contributed by atoms with Crippen molar-refractivity contribution in [2.45, 2.75) is 40.2 Å². The minimum Gasteiger partial charge on any atom is -0.396 e. The standard InChI is InChI=1S/C15H23FN2O2/c1-10(20-8-7-15(2,3)4)14(19)18-11-5-6-12(16)13(17)9-11/h5-6,9-10H,7-8,17H2,1-4H3,(H,18,19). The number of carbonyl (C=O) groups is 1. The van der Waals surface area contributed by atoms with Crippen LogP contribution in [0.15, 0.2) is 18.2 Å². The highest BCUT2D eigenvalue weighted by Gasteiger charge is 2.16. The molecule has 0 aliphatic heterocycles. The summed E-state index contributed by atoms with van der Waals surface area (Å²) in [6, 6.07) is 4.07. The lowest BCUT2D eigenvalue weighted by Gasteiger charge is -2.20. The molecule has 1 rings (SSSR count). The summed E-state index contributed by atoms with van der Waals surface area (Å²) in [6.07, 6.45) is 0.303. The van der Waals surface area contributed by atoms with Crippen molar-refractivity contribution in [2.75, 3.05) is 17.7 Å². The van der Waals surface area contributed by atoms with E-state index in [9.17, 15) is 9.18 Å². The van der Waals surface area contributed by atoms with Gasteiger partial charge in [0.15, 0.2) is 0 Å². The van der Waals surface area contributed by atoms with E-state index in [0.29, 0.717) is 12.3 Å². The Kier molecular flexibility index (Phi) is 5.51. The molecule has 5 heteroatoms. The molecule has 1 aromatic rings. The van der Waals surface area contributed by atoms with E-state index in [-0.39, 0.29) is 17.0 Å². The monoisotopic (exact) mass is 282 g/mol. The van der Waals surface area contributed by atoms with Crippen LogP contribution in [0.3, 0.4) is 0 Å². The van der Waals surface area contributed by atoms with E-state index in [1.54, 1.807) is 6.92 Å². The van der Waals surface area contributed by atoms with Gasteiger partial charge in [-0.15, -0.1) is 0 Å². The molecule has 0 bridgehead atoms. The minimum absolute atomic E-state index is 0.00380. The van der Waals surface area contributed by atoms with Gasteiger partial charge in [0.2, 0.25) is 0 Å². The van der Waals surface area contributed by atoms with E-state index in [1.165, 1.54) is 18.2 Å². The van der Waals surface area contributed by atoms with Crippen molar-refractivity contribution < 1.29 is 13.9 Å². The number of hydrogen-bond acceptors (Lipinski definition) is 3. The quantitative estimate of drug-likeness (QED) is 0.815. The molecule has 1 aromatic carbocycles. The molecule has 0 spiro atoms. The highest BCUT2D eigenvalue weighted by atomic mass is 19.1. The third-order valence-corrected chi connectivity index (χ3v) is 2.85. The second kappa shape index (κ2) is 6.70. The Bertz CT molecular complexity index is 469. The second-order valence-corrected chi connectivity index (χ2v) is 6.05. The number of carbonyl (C=O) groups excluding carboxylic acids is 1. The van der Waals surface area contributed by atoms with E-state index in [2.05, 4.69) is 26.1 Å². The van der Waals surface area contributed by atoms with E-state index in [0.717, 1.165) is 6.42 Å². The average molecular weight is 282 g/mol. The lowest BCUT2D eigenvalue weighted by molar-refractivity contribution is -0.126. The van der Waals surface area contributed by atoms with Gasteiger partial charge in [-0.2, -0.15) is 0 Å². The van der Waals surface area contributed by atoms with Gasteiger partial charge >= 0.3 is 0 Å². The van der Waals surface area contributed by atoms with Crippen LogP contribution in [0.2, 0.25) is 0 Å². The zero-order valence-electron chi connectivity index (χ0n) is 12.5. The summed E-state index contributed by atoms with van der Waals surface area (Å²) < 4.78 is 18.5. The lowest BCUT2D eigenvalue weighted by atomic mass is 9.93. The van der Waals surface area contributed by atoms with E-state index >= 15 is 0 Å². The second-order valence-electron chi connectivity index (χ2n) is 6.05. The van der Waals surface area contributed by atoms with Crippen molar-refractivity contribution in [1.29, 1.82) is 0 Å². The van der Waals surface area contributed by atoms with Gasteiger partial charge in [0.25, 0.3) is 5.91 Å². The maximum Gasteiger partial charge on any atom is 0.253 e. The fraction of sp³-hybridized carbons (Fsp3) is 0.533. The number of halogens is 1. The first-order valence-corrected chi connectivity index (χ1v) is 6.66. The van der Waals surface area contributed by atoms with Crippen molar-refractivity contribution in [3.63, 3.8) is 0 Å². The largest absolute Gasteiger partial charge is 0.396 e. The van der Waals surface area contributed by atoms with Crippen LogP contribution in [0.4, 0.5) is 15.8 Å². The lowest BCUT2D eigenvalue weighted by Crippen LogP contribution is -2.28. The topological polar surface area (TPSA) is 64.3 Å². The van der Waals surface area contributed by atoms with Crippen molar-refractivity contribution in [3.8, 4) is 0 Å². The summed E-state index contributed by atoms with van der Waals surface area (Å²) in [7, 11) is 0. The normalized spacial score (nSPS) is 13.1. The summed E-state index contributed by atoms with van der Waals surface area (Å²) in [5.41, 5.74) is 6.07. The molecule has 1 atom stereocenters. The van der Waals surface area contributed by atoms with Gasteiger partial charge in [-0.05, 0) is 37.0 Å². The number of anilines is 2. The molecular formula is C15H23FN2O2. The molecule has 3 N–H and O–H groups in total. The Hall–Kier alpha value is -1.62. The molecule has 1 amide bonds. The molecule has 0 aliphatic carbocycles. The number of amides is 1. The minimum atomic E-state index is -0.566. The zero-order chi connectivity index (χ0) is 15.3. The van der Waals surface area contributed by atoms with Gasteiger partial charge in [0.1, 0.15) is 11.9 Å². The van der Waals surface area contributed by atoms with Crippen molar-refractivity contribution in [1.82, 2.24) is 0 Å². The number of rotatable bonds is 5. The summed E-state index contributed by atoms with van der Waals surface area (Å²) in [5.74, 6) is -0.776. The number of nitrogens with one attached hydrogen (secondary N) is 1. The van der Waals surface area contributed by atoms with Crippen molar-refractivity contribution in [2.24, 2.45) is 5.41 Å². The zero-order valence-corrected chi connectivity index (χ0v) is 12.5. The SMILES string of the molecule is CC(OCCC(C)(C)C)C(=O)Nc1ccc(F)c(N)c1. The predicted octanol–water partition coefficient (Wildman–Crippen LogP) is 3.19. The number of hydrogen-bond donors (Lipinski definition) is 2. The Morgan fingerprint density at radius 1 is 1.45 bits per heavy atom. The summed E-state index contributed by atoms with van der Waals surface area (Å²) in [5, 5.41) is 2.65. The molecule has 0 aromatic heterocycles. The summed E-state index contributed by atoms with van der Waals surface area (Å²) in [4.78, 5) is 11.9. The molecule has 0 heterocycles. The smallest absolute Gasteiger partial charge is 0.253 e. The molecule has 0 saturated carbocycles. The van der Waals surface area contributed by atoms with Gasteiger partial charge < -0.3 is 15.8 Å². The maximum absolute atomic E-state index is 13.0. The highest BCUT2D eigenvalue weighted by Crippen LogP contribution is 2.19. The van der Waals surface area contributed by atoms with Gasteiger partial charge in [0.05, 0.1) is 5.69 Å². The fourth-order valence-electron chi connectivity index (χ4n) is 1.48. The third kappa shape index (κ3) is 5.57. The van der Waals surface area contributed by atoms with Crippen molar-refractivity contribution >= 4 is 17.3 Å². The molecule has 0 fully saturated rings. The molecular weight excluding hydrogens is 259 g/mol. The summed E-state index contributed by atoms with van der Waals surface area (Å²) in [6.45, 7) is 8.54. The molecule has 112 valence electrons. The van der Waals surface area contributed by atoms with E-state index < -0.39 is 11.9 Å². The first kappa shape index (κ1) is 16.4.